The molecule has 0 aliphatic rings. The first-order valence-electron chi connectivity index (χ1n) is 1.24. The molecule has 0 aliphatic carbocycles. The van der Waals surface area contributed by atoms with Crippen molar-refractivity contribution in [1.82, 2.24) is 0 Å². The summed E-state index contributed by atoms with van der Waals surface area (Å²) in [7, 11) is 0. The van der Waals surface area contributed by atoms with Crippen molar-refractivity contribution in [3.63, 3.8) is 0 Å². The molecule has 43 valence electrons. The second-order valence-corrected chi connectivity index (χ2v) is 0.803. The van der Waals surface area contributed by atoms with Gasteiger partial charge in [-0.3, -0.25) is 0 Å². The van der Waals surface area contributed by atoms with Crippen molar-refractivity contribution < 1.29 is 23.1 Å². The van der Waals surface area contributed by atoms with Crippen LogP contribution in [0.25, 0.3) is 0 Å². The summed E-state index contributed by atoms with van der Waals surface area (Å²) in [6.45, 7) is 0. The Labute approximate surface area is 102 Å². The van der Waals surface area contributed by atoms with E-state index in [1.165, 1.54) is 0 Å². The fourth-order valence-corrected chi connectivity index (χ4v) is 0. The van der Waals surface area contributed by atoms with E-state index in [0.29, 0.717) is 0 Å². The topological polar surface area (TPSA) is 37.3 Å². The molecule has 0 aromatic rings. The number of aliphatic carboxylic acids is 1. The molecule has 0 heterocycles. The van der Waals surface area contributed by atoms with Crippen LogP contribution in [-0.2, 0) is 4.79 Å². The molecule has 1 N–H and O–H groups in total. The summed E-state index contributed by atoms with van der Waals surface area (Å²) >= 11 is 0. The van der Waals surface area contributed by atoms with E-state index in [0.717, 1.165) is 0 Å². The standard InChI is InChI=1S/C2HF3O2.Cs/c3-2(4,5)1(6)7;/h(H,6,7);. The van der Waals surface area contributed by atoms with Gasteiger partial charge in [0.2, 0.25) is 0 Å². The maximum absolute atomic E-state index is 10.6. The third kappa shape index (κ3) is 5.45. The van der Waals surface area contributed by atoms with Gasteiger partial charge < -0.3 is 5.11 Å². The van der Waals surface area contributed by atoms with Gasteiger partial charge in [-0.05, 0) is 0 Å². The Bertz CT molecular complexity index is 87.8. The first kappa shape index (κ1) is 12.0. The zero-order valence-electron chi connectivity index (χ0n) is 3.99. The molecule has 0 amide bonds. The molecular formula is C2HCsF3O2. The molecule has 0 aromatic carbocycles. The van der Waals surface area contributed by atoms with Crippen LogP contribution in [0.5, 0.6) is 0 Å². The summed E-state index contributed by atoms with van der Waals surface area (Å²) in [5.74, 6) is -2.76. The first-order chi connectivity index (χ1) is 2.94. The van der Waals surface area contributed by atoms with E-state index in [9.17, 15) is 13.2 Å². The maximum Gasteiger partial charge on any atom is 0.490 e. The van der Waals surface area contributed by atoms with Gasteiger partial charge in [-0.2, -0.15) is 13.2 Å². The van der Waals surface area contributed by atoms with E-state index in [2.05, 4.69) is 0 Å². The van der Waals surface area contributed by atoms with E-state index in [1.54, 1.807) is 0 Å². The molecule has 0 bridgehead atoms. The minimum atomic E-state index is -5.08. The third-order valence-electron chi connectivity index (χ3n) is 0.243. The van der Waals surface area contributed by atoms with Gasteiger partial charge in [0, 0.05) is 68.9 Å². The molecule has 0 unspecified atom stereocenters. The summed E-state index contributed by atoms with van der Waals surface area (Å²) in [4.78, 5) is 8.90. The van der Waals surface area contributed by atoms with Gasteiger partial charge in [0.1, 0.15) is 0 Å². The molecule has 0 aromatic heterocycles. The van der Waals surface area contributed by atoms with Crippen molar-refractivity contribution in [2.75, 3.05) is 0 Å². The molecule has 0 fully saturated rings. The number of hydrogen-bond donors (Lipinski definition) is 1. The van der Waals surface area contributed by atoms with Crippen molar-refractivity contribution >= 4 is 74.9 Å². The Morgan fingerprint density at radius 3 is 1.50 bits per heavy atom. The monoisotopic (exact) mass is 247 g/mol. The SMILES string of the molecule is O=C(O)C(F)(F)F.[Cs]. The number of hydrogen-bond acceptors (Lipinski definition) is 1. The van der Waals surface area contributed by atoms with Crippen molar-refractivity contribution in [1.29, 1.82) is 0 Å². The Morgan fingerprint density at radius 1 is 1.38 bits per heavy atom. The van der Waals surface area contributed by atoms with Gasteiger partial charge >= 0.3 is 12.1 Å². The van der Waals surface area contributed by atoms with E-state index < -0.39 is 12.1 Å². The van der Waals surface area contributed by atoms with Gasteiger partial charge in [0.25, 0.3) is 0 Å². The van der Waals surface area contributed by atoms with Gasteiger partial charge in [0.15, 0.2) is 0 Å². The first-order valence-corrected chi connectivity index (χ1v) is 1.24. The number of alkyl halides is 3. The van der Waals surface area contributed by atoms with Crippen molar-refractivity contribution in [2.24, 2.45) is 0 Å². The molecule has 1 radical (unpaired) electrons. The zero-order chi connectivity index (χ0) is 6.08. The van der Waals surface area contributed by atoms with Gasteiger partial charge in [0.05, 0.1) is 0 Å². The number of carboxylic acids is 1. The fraction of sp³-hybridized carbons (Fsp3) is 0.500. The average Bonchev–Trinajstić information content (AvgIpc) is 1.31. The van der Waals surface area contributed by atoms with Gasteiger partial charge in [-0.15, -0.1) is 0 Å². The van der Waals surface area contributed by atoms with E-state index in [-0.39, 0.29) is 68.9 Å². The second kappa shape index (κ2) is 4.18. The van der Waals surface area contributed by atoms with Crippen LogP contribution in [0.15, 0.2) is 0 Å². The smallest absolute Gasteiger partial charge is 0.475 e. The molecule has 0 saturated heterocycles. The molecular weight excluding hydrogens is 246 g/mol. The van der Waals surface area contributed by atoms with Crippen LogP contribution in [-0.4, -0.2) is 86.1 Å². The number of carboxylic acid groups (broad SMARTS) is 1. The minimum Gasteiger partial charge on any atom is -0.475 e. The van der Waals surface area contributed by atoms with Crippen LogP contribution < -0.4 is 0 Å². The maximum atomic E-state index is 10.6. The fourth-order valence-electron chi connectivity index (χ4n) is 0. The van der Waals surface area contributed by atoms with Crippen LogP contribution in [0, 0.1) is 0 Å². The average molecular weight is 247 g/mol. The molecule has 0 rings (SSSR count). The summed E-state index contributed by atoms with van der Waals surface area (Å²) in [5, 5.41) is 7.12. The minimum absolute atomic E-state index is 0. The molecule has 8 heavy (non-hydrogen) atoms. The Kier molecular flexibility index (Phi) is 6.29. The van der Waals surface area contributed by atoms with Crippen molar-refractivity contribution in [3.8, 4) is 0 Å². The van der Waals surface area contributed by atoms with Gasteiger partial charge in [-0.1, -0.05) is 0 Å². The normalized spacial score (nSPS) is 9.88. The number of rotatable bonds is 0. The predicted molar refractivity (Wildman–Crippen MR) is 19.4 cm³/mol. The van der Waals surface area contributed by atoms with Crippen LogP contribution in [0.2, 0.25) is 0 Å². The number of carbonyl (C=O) groups is 1. The van der Waals surface area contributed by atoms with Crippen molar-refractivity contribution in [3.05, 3.63) is 0 Å². The van der Waals surface area contributed by atoms with Crippen molar-refractivity contribution in [2.45, 2.75) is 6.18 Å². The molecule has 2 nitrogen and oxygen atoms in total. The summed E-state index contributed by atoms with van der Waals surface area (Å²) in [6, 6.07) is 0. The molecule has 0 atom stereocenters. The van der Waals surface area contributed by atoms with Gasteiger partial charge in [-0.25, -0.2) is 4.79 Å². The zero-order valence-corrected chi connectivity index (χ0v) is 10.3. The molecule has 0 saturated carbocycles. The molecule has 0 aliphatic heterocycles. The summed E-state index contributed by atoms with van der Waals surface area (Å²) in [5.41, 5.74) is 0. The van der Waals surface area contributed by atoms with E-state index in [1.807, 2.05) is 0 Å². The Hall–Kier alpha value is 1.31. The van der Waals surface area contributed by atoms with Crippen LogP contribution >= 0.6 is 0 Å². The van der Waals surface area contributed by atoms with Crippen LogP contribution in [0.3, 0.4) is 0 Å². The predicted octanol–water partition coefficient (Wildman–Crippen LogP) is 0.253. The van der Waals surface area contributed by atoms with E-state index in [4.69, 9.17) is 9.90 Å². The molecule has 0 spiro atoms. The largest absolute Gasteiger partial charge is 0.490 e. The summed E-state index contributed by atoms with van der Waals surface area (Å²) in [6.07, 6.45) is -5.08. The summed E-state index contributed by atoms with van der Waals surface area (Å²) < 4.78 is 31.7. The Balaban J connectivity index is 0. The van der Waals surface area contributed by atoms with E-state index >= 15 is 0 Å². The van der Waals surface area contributed by atoms with Crippen LogP contribution in [0.4, 0.5) is 13.2 Å². The number of halogens is 3. The second-order valence-electron chi connectivity index (χ2n) is 0.803. The quantitative estimate of drug-likeness (QED) is 0.666. The van der Waals surface area contributed by atoms with Crippen LogP contribution in [0.1, 0.15) is 0 Å². The Morgan fingerprint density at radius 2 is 1.50 bits per heavy atom. The molecule has 6 heteroatoms. The third-order valence-corrected chi connectivity index (χ3v) is 0.243.